The van der Waals surface area contributed by atoms with Gasteiger partial charge in [-0.2, -0.15) is 0 Å². The van der Waals surface area contributed by atoms with Gasteiger partial charge in [0.2, 0.25) is 0 Å². The van der Waals surface area contributed by atoms with Crippen molar-refractivity contribution in [1.29, 1.82) is 0 Å². The Balaban J connectivity index is 2.48. The molecule has 1 aromatic carbocycles. The Labute approximate surface area is 101 Å². The predicted molar refractivity (Wildman–Crippen MR) is 65.4 cm³/mol. The molecule has 1 aliphatic carbocycles. The van der Waals surface area contributed by atoms with Crippen LogP contribution in [0.2, 0.25) is 0 Å². The molecule has 1 fully saturated rings. The van der Waals surface area contributed by atoms with Crippen LogP contribution < -0.4 is 4.74 Å². The number of hydrogen-bond acceptors (Lipinski definition) is 2. The fourth-order valence-electron chi connectivity index (χ4n) is 2.79. The minimum atomic E-state index is -0.745. The van der Waals surface area contributed by atoms with Gasteiger partial charge in [-0.15, -0.1) is 0 Å². The summed E-state index contributed by atoms with van der Waals surface area (Å²) >= 11 is 0. The topological polar surface area (TPSA) is 46.5 Å². The van der Waals surface area contributed by atoms with Crippen molar-refractivity contribution in [1.82, 2.24) is 0 Å². The van der Waals surface area contributed by atoms with Crippen LogP contribution in [0.15, 0.2) is 24.3 Å². The van der Waals surface area contributed by atoms with Crippen molar-refractivity contribution in [2.45, 2.75) is 37.5 Å². The van der Waals surface area contributed by atoms with Gasteiger partial charge in [-0.3, -0.25) is 4.79 Å². The van der Waals surface area contributed by atoms with E-state index in [1.807, 2.05) is 24.3 Å². The maximum atomic E-state index is 11.7. The number of ether oxygens (including phenoxy) is 1. The molecule has 1 aromatic rings. The lowest BCUT2D eigenvalue weighted by Crippen LogP contribution is -2.38. The van der Waals surface area contributed by atoms with Crippen molar-refractivity contribution in [3.8, 4) is 5.75 Å². The third-order valence-electron chi connectivity index (χ3n) is 3.74. The second-order valence-electron chi connectivity index (χ2n) is 4.65. The summed E-state index contributed by atoms with van der Waals surface area (Å²) in [7, 11) is 1.59. The monoisotopic (exact) mass is 234 g/mol. The second kappa shape index (κ2) is 4.78. The number of rotatable bonds is 3. The Bertz CT molecular complexity index is 406. The molecule has 2 rings (SSSR count). The summed E-state index contributed by atoms with van der Waals surface area (Å²) in [5, 5.41) is 9.61. The fourth-order valence-corrected chi connectivity index (χ4v) is 2.79. The number of carbonyl (C=O) groups is 1. The minimum absolute atomic E-state index is 0.691. The molecule has 0 amide bonds. The number of carboxylic acid groups (broad SMARTS) is 1. The van der Waals surface area contributed by atoms with E-state index in [1.165, 1.54) is 0 Å². The Kier molecular flexibility index (Phi) is 3.36. The minimum Gasteiger partial charge on any atom is -0.496 e. The van der Waals surface area contributed by atoms with Gasteiger partial charge in [0.05, 0.1) is 12.5 Å². The Morgan fingerprint density at radius 2 is 1.88 bits per heavy atom. The molecule has 0 spiro atoms. The molecule has 0 heterocycles. The molecule has 92 valence electrons. The van der Waals surface area contributed by atoms with Crippen LogP contribution in [-0.2, 0) is 10.2 Å². The molecule has 0 radical (unpaired) electrons. The van der Waals surface area contributed by atoms with Crippen LogP contribution in [0.1, 0.15) is 37.7 Å². The molecule has 0 bridgehead atoms. The first-order chi connectivity index (χ1) is 8.20. The van der Waals surface area contributed by atoms with E-state index >= 15 is 0 Å². The van der Waals surface area contributed by atoms with Gasteiger partial charge in [-0.1, -0.05) is 37.5 Å². The smallest absolute Gasteiger partial charge is 0.314 e. The number of methoxy groups -OCH3 is 1. The van der Waals surface area contributed by atoms with Crippen molar-refractivity contribution in [3.63, 3.8) is 0 Å². The summed E-state index contributed by atoms with van der Waals surface area (Å²) in [4.78, 5) is 11.7. The maximum absolute atomic E-state index is 11.7. The number of carboxylic acids is 1. The van der Waals surface area contributed by atoms with Crippen LogP contribution in [0.4, 0.5) is 0 Å². The van der Waals surface area contributed by atoms with E-state index in [4.69, 9.17) is 4.74 Å². The highest BCUT2D eigenvalue weighted by Crippen LogP contribution is 2.43. The second-order valence-corrected chi connectivity index (χ2v) is 4.65. The van der Waals surface area contributed by atoms with Crippen molar-refractivity contribution in [2.24, 2.45) is 0 Å². The van der Waals surface area contributed by atoms with Gasteiger partial charge >= 0.3 is 5.97 Å². The summed E-state index contributed by atoms with van der Waals surface area (Å²) in [5.41, 5.74) is 0.0832. The standard InChI is InChI=1S/C14H18O3/c1-17-12-8-4-3-7-11(12)14(13(15)16)9-5-2-6-10-14/h3-4,7-8H,2,5-6,9-10H2,1H3,(H,15,16). The summed E-state index contributed by atoms with van der Waals surface area (Å²) in [6.07, 6.45) is 4.50. The van der Waals surface area contributed by atoms with E-state index in [0.29, 0.717) is 18.6 Å². The SMILES string of the molecule is COc1ccccc1C1(C(=O)O)CCCCC1. The normalized spacial score (nSPS) is 18.6. The number of para-hydroxylation sites is 1. The van der Waals surface area contributed by atoms with E-state index in [-0.39, 0.29) is 0 Å². The lowest BCUT2D eigenvalue weighted by Gasteiger charge is -2.34. The van der Waals surface area contributed by atoms with Crippen molar-refractivity contribution in [3.05, 3.63) is 29.8 Å². The van der Waals surface area contributed by atoms with Gasteiger partial charge < -0.3 is 9.84 Å². The molecule has 3 heteroatoms. The quantitative estimate of drug-likeness (QED) is 0.874. The molecule has 1 N–H and O–H groups in total. The van der Waals surface area contributed by atoms with Crippen LogP contribution >= 0.6 is 0 Å². The predicted octanol–water partition coefficient (Wildman–Crippen LogP) is 2.98. The highest BCUT2D eigenvalue weighted by molar-refractivity contribution is 5.82. The zero-order chi connectivity index (χ0) is 12.3. The first-order valence-electron chi connectivity index (χ1n) is 6.07. The molecule has 0 saturated heterocycles. The number of hydrogen-bond donors (Lipinski definition) is 1. The van der Waals surface area contributed by atoms with Gasteiger partial charge in [-0.25, -0.2) is 0 Å². The third-order valence-corrected chi connectivity index (χ3v) is 3.74. The Hall–Kier alpha value is -1.51. The molecule has 0 aromatic heterocycles. The molecule has 17 heavy (non-hydrogen) atoms. The van der Waals surface area contributed by atoms with Gasteiger partial charge in [0.25, 0.3) is 0 Å². The van der Waals surface area contributed by atoms with Crippen molar-refractivity contribution in [2.75, 3.05) is 7.11 Å². The Morgan fingerprint density at radius 1 is 1.24 bits per heavy atom. The molecule has 0 unspecified atom stereocenters. The van der Waals surface area contributed by atoms with Crippen LogP contribution in [0.5, 0.6) is 5.75 Å². The Morgan fingerprint density at radius 3 is 2.47 bits per heavy atom. The van der Waals surface area contributed by atoms with Gasteiger partial charge in [-0.05, 0) is 18.9 Å². The molecule has 3 nitrogen and oxygen atoms in total. The zero-order valence-corrected chi connectivity index (χ0v) is 10.1. The largest absolute Gasteiger partial charge is 0.496 e. The number of benzene rings is 1. The molecule has 0 aliphatic heterocycles. The molecule has 1 aliphatic rings. The summed E-state index contributed by atoms with van der Waals surface area (Å²) in [5.74, 6) is -0.0292. The van der Waals surface area contributed by atoms with Crippen LogP contribution in [0.25, 0.3) is 0 Å². The van der Waals surface area contributed by atoms with E-state index in [9.17, 15) is 9.90 Å². The fraction of sp³-hybridized carbons (Fsp3) is 0.500. The average Bonchev–Trinajstić information content (AvgIpc) is 2.39. The van der Waals surface area contributed by atoms with E-state index in [0.717, 1.165) is 24.8 Å². The molecule has 1 saturated carbocycles. The highest BCUT2D eigenvalue weighted by Gasteiger charge is 2.42. The maximum Gasteiger partial charge on any atom is 0.314 e. The van der Waals surface area contributed by atoms with Crippen LogP contribution in [-0.4, -0.2) is 18.2 Å². The third kappa shape index (κ3) is 2.02. The molecular weight excluding hydrogens is 216 g/mol. The summed E-state index contributed by atoms with van der Waals surface area (Å²) in [6.45, 7) is 0. The van der Waals surface area contributed by atoms with Crippen molar-refractivity contribution < 1.29 is 14.6 Å². The van der Waals surface area contributed by atoms with Gasteiger partial charge in [0.1, 0.15) is 5.75 Å². The lowest BCUT2D eigenvalue weighted by atomic mass is 9.69. The first-order valence-corrected chi connectivity index (χ1v) is 6.07. The first kappa shape index (κ1) is 12.0. The van der Waals surface area contributed by atoms with E-state index in [1.54, 1.807) is 7.11 Å². The zero-order valence-electron chi connectivity index (χ0n) is 10.1. The summed E-state index contributed by atoms with van der Waals surface area (Å²) < 4.78 is 5.31. The highest BCUT2D eigenvalue weighted by atomic mass is 16.5. The summed E-state index contributed by atoms with van der Waals surface area (Å²) in [6, 6.07) is 7.49. The molecule has 0 atom stereocenters. The lowest BCUT2D eigenvalue weighted by molar-refractivity contribution is -0.145. The van der Waals surface area contributed by atoms with E-state index < -0.39 is 11.4 Å². The van der Waals surface area contributed by atoms with Crippen LogP contribution in [0, 0.1) is 0 Å². The van der Waals surface area contributed by atoms with Crippen molar-refractivity contribution >= 4 is 5.97 Å². The average molecular weight is 234 g/mol. The van der Waals surface area contributed by atoms with E-state index in [2.05, 4.69) is 0 Å². The van der Waals surface area contributed by atoms with Gasteiger partial charge in [0, 0.05) is 5.56 Å². The number of aliphatic carboxylic acids is 1. The van der Waals surface area contributed by atoms with Gasteiger partial charge in [0.15, 0.2) is 0 Å². The molecular formula is C14H18O3. The van der Waals surface area contributed by atoms with Crippen LogP contribution in [0.3, 0.4) is 0 Å².